The zero-order valence-corrected chi connectivity index (χ0v) is 11.7. The van der Waals surface area contributed by atoms with Crippen molar-refractivity contribution >= 4 is 5.84 Å². The van der Waals surface area contributed by atoms with Gasteiger partial charge in [0.2, 0.25) is 0 Å². The molecule has 106 valence electrons. The van der Waals surface area contributed by atoms with Gasteiger partial charge in [-0.05, 0) is 14.0 Å². The van der Waals surface area contributed by atoms with Crippen molar-refractivity contribution in [2.24, 2.45) is 10.7 Å². The van der Waals surface area contributed by atoms with Crippen LogP contribution in [0.5, 0.6) is 0 Å². The molecule has 0 radical (unpaired) electrons. The Morgan fingerprint density at radius 1 is 1.68 bits per heavy atom. The van der Waals surface area contributed by atoms with Crippen molar-refractivity contribution in [3.8, 4) is 0 Å². The number of nitrogens with one attached hydrogen (secondary N) is 1. The highest BCUT2D eigenvalue weighted by Crippen LogP contribution is 2.28. The lowest BCUT2D eigenvalue weighted by Crippen LogP contribution is -2.36. The summed E-state index contributed by atoms with van der Waals surface area (Å²) in [5.41, 5.74) is 6.70. The monoisotopic (exact) mass is 266 g/mol. The van der Waals surface area contributed by atoms with E-state index >= 15 is 0 Å². The second kappa shape index (κ2) is 5.73. The van der Waals surface area contributed by atoms with E-state index in [4.69, 9.17) is 15.2 Å². The highest BCUT2D eigenvalue weighted by molar-refractivity contribution is 5.97. The van der Waals surface area contributed by atoms with Crippen LogP contribution in [0.3, 0.4) is 0 Å². The van der Waals surface area contributed by atoms with Crippen molar-refractivity contribution in [3.63, 3.8) is 0 Å². The zero-order chi connectivity index (χ0) is 14.0. The number of rotatable bonds is 4. The Labute approximate surface area is 113 Å². The number of hydrogen-bond acceptors (Lipinski definition) is 6. The van der Waals surface area contributed by atoms with Crippen LogP contribution in [0.25, 0.3) is 0 Å². The minimum atomic E-state index is -0.0862. The Hall–Kier alpha value is -1.37. The van der Waals surface area contributed by atoms with Gasteiger partial charge in [0.15, 0.2) is 0 Å². The van der Waals surface area contributed by atoms with Gasteiger partial charge in [-0.25, -0.2) is 4.99 Å². The molecule has 2 aliphatic heterocycles. The van der Waals surface area contributed by atoms with E-state index in [1.165, 1.54) is 0 Å². The van der Waals surface area contributed by atoms with Crippen LogP contribution < -0.4 is 11.1 Å². The van der Waals surface area contributed by atoms with Gasteiger partial charge in [-0.1, -0.05) is 6.58 Å². The van der Waals surface area contributed by atoms with Gasteiger partial charge >= 0.3 is 0 Å². The molecule has 1 fully saturated rings. The van der Waals surface area contributed by atoms with Crippen molar-refractivity contribution in [2.45, 2.75) is 31.7 Å². The normalized spacial score (nSPS) is 31.4. The van der Waals surface area contributed by atoms with E-state index in [1.807, 2.05) is 25.1 Å². The van der Waals surface area contributed by atoms with Gasteiger partial charge < -0.3 is 25.4 Å². The van der Waals surface area contributed by atoms with Gasteiger partial charge in [-0.2, -0.15) is 0 Å². The summed E-state index contributed by atoms with van der Waals surface area (Å²) < 4.78 is 11.2. The van der Waals surface area contributed by atoms with Gasteiger partial charge in [-0.15, -0.1) is 0 Å². The fourth-order valence-corrected chi connectivity index (χ4v) is 2.41. The number of likely N-dealkylation sites (N-methyl/N-ethyl adjacent to an activating group) is 1. The molecule has 3 atom stereocenters. The number of aliphatic imine (C=N–C) groups is 1. The molecule has 6 heteroatoms. The van der Waals surface area contributed by atoms with Crippen molar-refractivity contribution < 1.29 is 9.47 Å². The summed E-state index contributed by atoms with van der Waals surface area (Å²) in [6.45, 7) is 6.42. The molecule has 3 N–H and O–H groups in total. The first-order valence-electron chi connectivity index (χ1n) is 6.38. The van der Waals surface area contributed by atoms with Crippen LogP contribution in [-0.4, -0.2) is 49.9 Å². The number of nitrogens with two attached hydrogens (primary N) is 1. The molecule has 0 spiro atoms. The Morgan fingerprint density at radius 3 is 3.05 bits per heavy atom. The summed E-state index contributed by atoms with van der Waals surface area (Å²) in [5.74, 6) is 1.12. The summed E-state index contributed by atoms with van der Waals surface area (Å²) in [5, 5.41) is 3.26. The Morgan fingerprint density at radius 2 is 2.42 bits per heavy atom. The molecule has 0 amide bonds. The van der Waals surface area contributed by atoms with Crippen molar-refractivity contribution in [2.75, 3.05) is 20.8 Å². The molecule has 1 unspecified atom stereocenters. The highest BCUT2D eigenvalue weighted by Gasteiger charge is 2.38. The Kier molecular flexibility index (Phi) is 4.24. The molecule has 2 rings (SSSR count). The molecule has 2 heterocycles. The van der Waals surface area contributed by atoms with E-state index in [1.54, 1.807) is 7.11 Å². The van der Waals surface area contributed by atoms with E-state index in [0.29, 0.717) is 18.3 Å². The molecule has 0 aliphatic carbocycles. The maximum absolute atomic E-state index is 6.02. The van der Waals surface area contributed by atoms with Crippen LogP contribution in [0.15, 0.2) is 29.2 Å². The van der Waals surface area contributed by atoms with Crippen molar-refractivity contribution in [1.82, 2.24) is 10.2 Å². The smallest absolute Gasteiger partial charge is 0.137 e. The first-order chi connectivity index (χ1) is 9.06. The number of nitrogens with zero attached hydrogens (tertiary/aromatic N) is 2. The number of hydrogen-bond donors (Lipinski definition) is 2. The fraction of sp³-hybridized carbons (Fsp3) is 0.615. The average molecular weight is 266 g/mol. The first kappa shape index (κ1) is 14.0. The van der Waals surface area contributed by atoms with E-state index in [9.17, 15) is 0 Å². The predicted octanol–water partition coefficient (Wildman–Crippen LogP) is 0.384. The molecule has 0 aromatic rings. The third kappa shape index (κ3) is 2.80. The molecular weight excluding hydrogens is 244 g/mol. The van der Waals surface area contributed by atoms with Gasteiger partial charge in [0.25, 0.3) is 0 Å². The Balaban J connectivity index is 2.10. The maximum Gasteiger partial charge on any atom is 0.137 e. The van der Waals surface area contributed by atoms with Crippen LogP contribution in [0, 0.1) is 0 Å². The summed E-state index contributed by atoms with van der Waals surface area (Å²) >= 11 is 0. The maximum atomic E-state index is 6.02. The molecular formula is C13H22N4O2. The highest BCUT2D eigenvalue weighted by atomic mass is 16.6. The number of amidine groups is 1. The third-order valence-electron chi connectivity index (χ3n) is 3.53. The average Bonchev–Trinajstić information content (AvgIpc) is 2.77. The van der Waals surface area contributed by atoms with Crippen molar-refractivity contribution in [1.29, 1.82) is 0 Å². The summed E-state index contributed by atoms with van der Waals surface area (Å²) in [6, 6.07) is 0.259. The minimum Gasteiger partial charge on any atom is -0.383 e. The molecule has 2 aliphatic rings. The van der Waals surface area contributed by atoms with Gasteiger partial charge in [-0.3, -0.25) is 0 Å². The molecule has 0 bridgehead atoms. The zero-order valence-electron chi connectivity index (χ0n) is 11.7. The van der Waals surface area contributed by atoms with E-state index in [2.05, 4.69) is 16.9 Å². The van der Waals surface area contributed by atoms with Crippen LogP contribution in [0.1, 0.15) is 13.3 Å². The molecule has 0 saturated carbocycles. The molecule has 1 saturated heterocycles. The SMILES string of the molecule is C=C1N=C(N)C(C)=CN1[C@H]1CC(NC)[C@@H](COC)O1. The van der Waals surface area contributed by atoms with Crippen LogP contribution in [0.4, 0.5) is 0 Å². The minimum absolute atomic E-state index is 0.0322. The largest absolute Gasteiger partial charge is 0.383 e. The van der Waals surface area contributed by atoms with Gasteiger partial charge in [0.05, 0.1) is 12.7 Å². The quantitative estimate of drug-likeness (QED) is 0.770. The second-order valence-electron chi connectivity index (χ2n) is 4.85. The van der Waals surface area contributed by atoms with Crippen molar-refractivity contribution in [3.05, 3.63) is 24.2 Å². The summed E-state index contributed by atoms with van der Waals surface area (Å²) in [4.78, 5) is 6.17. The molecule has 19 heavy (non-hydrogen) atoms. The molecule has 0 aromatic carbocycles. The lowest BCUT2D eigenvalue weighted by molar-refractivity contribution is -0.0503. The van der Waals surface area contributed by atoms with E-state index in [-0.39, 0.29) is 18.4 Å². The third-order valence-corrected chi connectivity index (χ3v) is 3.53. The lowest BCUT2D eigenvalue weighted by Gasteiger charge is -2.30. The van der Waals surface area contributed by atoms with Crippen LogP contribution in [0.2, 0.25) is 0 Å². The second-order valence-corrected chi connectivity index (χ2v) is 4.85. The van der Waals surface area contributed by atoms with E-state index in [0.717, 1.165) is 12.0 Å². The van der Waals surface area contributed by atoms with Crippen LogP contribution in [-0.2, 0) is 9.47 Å². The summed E-state index contributed by atoms with van der Waals surface area (Å²) in [7, 11) is 3.61. The Bertz CT molecular complexity index is 419. The topological polar surface area (TPSA) is 72.1 Å². The number of ether oxygens (including phenoxy) is 2. The first-order valence-corrected chi connectivity index (χ1v) is 6.38. The van der Waals surface area contributed by atoms with Gasteiger partial charge in [0.1, 0.15) is 17.9 Å². The lowest BCUT2D eigenvalue weighted by atomic mass is 10.1. The standard InChI is InChI=1S/C13H22N4O2/c1-8-6-17(9(2)16-13(8)14)12-5-10(15-3)11(19-12)7-18-4/h6,10-12,15H,2,5,7H2,1,3-4H3,(H2,14,16)/t10?,11-,12-/m1/s1. The van der Waals surface area contributed by atoms with Crippen LogP contribution >= 0.6 is 0 Å². The fourth-order valence-electron chi connectivity index (χ4n) is 2.41. The molecule has 6 nitrogen and oxygen atoms in total. The van der Waals surface area contributed by atoms with Gasteiger partial charge in [0, 0.05) is 31.3 Å². The molecule has 0 aromatic heterocycles. The number of methoxy groups -OCH3 is 1. The van der Waals surface area contributed by atoms with E-state index < -0.39 is 0 Å². The summed E-state index contributed by atoms with van der Waals surface area (Å²) in [6.07, 6.45) is 2.74. The predicted molar refractivity (Wildman–Crippen MR) is 74.4 cm³/mol.